The Morgan fingerprint density at radius 1 is 1.23 bits per heavy atom. The van der Waals surface area contributed by atoms with Crippen LogP contribution in [0.15, 0.2) is 35.5 Å². The van der Waals surface area contributed by atoms with Gasteiger partial charge in [0.05, 0.1) is 23.1 Å². The lowest BCUT2D eigenvalue weighted by molar-refractivity contribution is 0.102. The Balaban J connectivity index is 1.83. The van der Waals surface area contributed by atoms with Crippen molar-refractivity contribution in [3.63, 3.8) is 0 Å². The largest absolute Gasteiger partial charge is 0.319 e. The van der Waals surface area contributed by atoms with E-state index in [0.29, 0.717) is 24.6 Å². The minimum Gasteiger partial charge on any atom is -0.319 e. The van der Waals surface area contributed by atoms with E-state index in [-0.39, 0.29) is 26.8 Å². The molecule has 1 aliphatic rings. The number of hydrogen-bond donors (Lipinski definition) is 1. The van der Waals surface area contributed by atoms with Crippen molar-refractivity contribution in [2.24, 2.45) is 5.92 Å². The van der Waals surface area contributed by atoms with Crippen LogP contribution in [0, 0.1) is 5.92 Å². The van der Waals surface area contributed by atoms with Crippen LogP contribution in [-0.2, 0) is 15.4 Å². The van der Waals surface area contributed by atoms with Gasteiger partial charge in [0.2, 0.25) is 10.0 Å². The van der Waals surface area contributed by atoms with Crippen LogP contribution >= 0.6 is 11.6 Å². The Bertz CT molecular complexity index is 1030. The Morgan fingerprint density at radius 2 is 1.90 bits per heavy atom. The minimum absolute atomic E-state index is 0.0507. The van der Waals surface area contributed by atoms with Gasteiger partial charge < -0.3 is 5.32 Å². The van der Waals surface area contributed by atoms with Crippen LogP contribution in [0.4, 0.5) is 5.69 Å². The molecule has 1 aromatic carbocycles. The minimum atomic E-state index is -3.78. The predicted molar refractivity (Wildman–Crippen MR) is 117 cm³/mol. The molecule has 0 aliphatic carbocycles. The highest BCUT2D eigenvalue weighted by molar-refractivity contribution is 7.89. The first-order valence-electron chi connectivity index (χ1n) is 9.92. The van der Waals surface area contributed by atoms with Gasteiger partial charge in [0.1, 0.15) is 10.7 Å². The van der Waals surface area contributed by atoms with E-state index in [1.165, 1.54) is 34.9 Å². The van der Waals surface area contributed by atoms with Crippen LogP contribution in [0.1, 0.15) is 56.7 Å². The van der Waals surface area contributed by atoms with E-state index in [1.54, 1.807) is 0 Å². The molecule has 1 N–H and O–H groups in total. The first-order chi connectivity index (χ1) is 14.0. The maximum Gasteiger partial charge on any atom is 0.255 e. The summed E-state index contributed by atoms with van der Waals surface area (Å²) in [7, 11) is -3.78. The quantitative estimate of drug-likeness (QED) is 0.756. The second-order valence-electron chi connectivity index (χ2n) is 8.76. The molecular formula is C21H27ClN4O3S. The number of carbonyl (C=O) groups excluding carboxylic acids is 1. The molecule has 1 aromatic heterocycles. The third-order valence-corrected chi connectivity index (χ3v) is 7.36. The second kappa shape index (κ2) is 8.61. The normalized spacial score (nSPS) is 18.2. The fourth-order valence-electron chi connectivity index (χ4n) is 3.33. The Labute approximate surface area is 182 Å². The van der Waals surface area contributed by atoms with E-state index in [4.69, 9.17) is 11.6 Å². The van der Waals surface area contributed by atoms with Gasteiger partial charge >= 0.3 is 0 Å². The number of benzene rings is 1. The van der Waals surface area contributed by atoms with Crippen molar-refractivity contribution in [3.8, 4) is 0 Å². The molecule has 0 saturated carbocycles. The monoisotopic (exact) mass is 450 g/mol. The van der Waals surface area contributed by atoms with Crippen molar-refractivity contribution in [1.29, 1.82) is 0 Å². The zero-order valence-electron chi connectivity index (χ0n) is 17.6. The topological polar surface area (TPSA) is 92.3 Å². The molecule has 0 radical (unpaired) electrons. The highest BCUT2D eigenvalue weighted by atomic mass is 35.5. The lowest BCUT2D eigenvalue weighted by atomic mass is 9.96. The number of halogens is 1. The second-order valence-corrected chi connectivity index (χ2v) is 11.1. The molecule has 2 aromatic rings. The van der Waals surface area contributed by atoms with Crippen LogP contribution in [0.25, 0.3) is 0 Å². The molecule has 30 heavy (non-hydrogen) atoms. The molecule has 1 fully saturated rings. The standard InChI is InChI=1S/C21H27ClN4O3S/c1-14-6-5-9-26(13-14)30(28,29)18-10-15(7-8-17(18)22)19(27)25-16-11-23-20(24-12-16)21(2,3)4/h7-8,10-12,14H,5-6,9,13H2,1-4H3,(H,25,27). The van der Waals surface area contributed by atoms with Crippen LogP contribution in [0.3, 0.4) is 0 Å². The van der Waals surface area contributed by atoms with E-state index in [0.717, 1.165) is 12.8 Å². The zero-order chi connectivity index (χ0) is 22.1. The van der Waals surface area contributed by atoms with E-state index in [9.17, 15) is 13.2 Å². The van der Waals surface area contributed by atoms with Gasteiger partial charge in [-0.1, -0.05) is 39.3 Å². The van der Waals surface area contributed by atoms with Crippen molar-refractivity contribution in [2.75, 3.05) is 18.4 Å². The van der Waals surface area contributed by atoms with E-state index in [1.807, 2.05) is 27.7 Å². The van der Waals surface area contributed by atoms with Crippen LogP contribution in [0.5, 0.6) is 0 Å². The fraction of sp³-hybridized carbons (Fsp3) is 0.476. The number of rotatable bonds is 4. The molecule has 162 valence electrons. The lowest BCUT2D eigenvalue weighted by Gasteiger charge is -2.30. The first kappa shape index (κ1) is 22.7. The lowest BCUT2D eigenvalue weighted by Crippen LogP contribution is -2.39. The van der Waals surface area contributed by atoms with E-state index in [2.05, 4.69) is 15.3 Å². The Kier molecular flexibility index (Phi) is 6.50. The number of hydrogen-bond acceptors (Lipinski definition) is 5. The summed E-state index contributed by atoms with van der Waals surface area (Å²) >= 11 is 6.20. The van der Waals surface area contributed by atoms with Gasteiger partial charge in [0, 0.05) is 24.1 Å². The van der Waals surface area contributed by atoms with Crippen molar-refractivity contribution in [1.82, 2.24) is 14.3 Å². The Hall–Kier alpha value is -2.03. The smallest absolute Gasteiger partial charge is 0.255 e. The Morgan fingerprint density at radius 3 is 2.50 bits per heavy atom. The average molecular weight is 451 g/mol. The molecule has 3 rings (SSSR count). The summed E-state index contributed by atoms with van der Waals surface area (Å²) in [6.45, 7) is 8.93. The number of nitrogens with one attached hydrogen (secondary N) is 1. The molecule has 1 saturated heterocycles. The summed E-state index contributed by atoms with van der Waals surface area (Å²) < 4.78 is 27.7. The van der Waals surface area contributed by atoms with Crippen LogP contribution in [0.2, 0.25) is 5.02 Å². The molecule has 0 spiro atoms. The number of nitrogens with zero attached hydrogens (tertiary/aromatic N) is 3. The third kappa shape index (κ3) is 4.99. The van der Waals surface area contributed by atoms with Crippen molar-refractivity contribution in [2.45, 2.75) is 50.8 Å². The molecule has 1 aliphatic heterocycles. The van der Waals surface area contributed by atoms with Crippen LogP contribution in [-0.4, -0.2) is 41.7 Å². The van der Waals surface area contributed by atoms with Gasteiger partial charge in [-0.2, -0.15) is 4.31 Å². The zero-order valence-corrected chi connectivity index (χ0v) is 19.2. The van der Waals surface area contributed by atoms with Crippen molar-refractivity contribution in [3.05, 3.63) is 47.0 Å². The first-order valence-corrected chi connectivity index (χ1v) is 11.7. The summed E-state index contributed by atoms with van der Waals surface area (Å²) in [5, 5.41) is 2.81. The van der Waals surface area contributed by atoms with Gasteiger partial charge in [-0.25, -0.2) is 18.4 Å². The molecule has 9 heteroatoms. The van der Waals surface area contributed by atoms with Crippen molar-refractivity contribution >= 4 is 33.2 Å². The molecule has 2 heterocycles. The predicted octanol–water partition coefficient (Wildman–Crippen LogP) is 4.10. The van der Waals surface area contributed by atoms with E-state index >= 15 is 0 Å². The maximum atomic E-state index is 13.1. The molecular weight excluding hydrogens is 424 g/mol. The summed E-state index contributed by atoms with van der Waals surface area (Å²) in [6.07, 6.45) is 4.88. The highest BCUT2D eigenvalue weighted by Crippen LogP contribution is 2.29. The molecule has 1 unspecified atom stereocenters. The summed E-state index contributed by atoms with van der Waals surface area (Å²) in [5.41, 5.74) is 0.425. The number of anilines is 1. The fourth-order valence-corrected chi connectivity index (χ4v) is 5.43. The van der Waals surface area contributed by atoms with Gasteiger partial charge in [0.15, 0.2) is 0 Å². The SMILES string of the molecule is CC1CCCN(S(=O)(=O)c2cc(C(=O)Nc3cnc(C(C)(C)C)nc3)ccc2Cl)C1. The number of piperidine rings is 1. The van der Waals surface area contributed by atoms with Gasteiger partial charge in [0.25, 0.3) is 5.91 Å². The molecule has 7 nitrogen and oxygen atoms in total. The summed E-state index contributed by atoms with van der Waals surface area (Å²) in [4.78, 5) is 21.2. The number of carbonyl (C=O) groups is 1. The van der Waals surface area contributed by atoms with Crippen LogP contribution < -0.4 is 5.32 Å². The summed E-state index contributed by atoms with van der Waals surface area (Å²) in [6, 6.07) is 4.27. The van der Waals surface area contributed by atoms with Crippen molar-refractivity contribution < 1.29 is 13.2 Å². The van der Waals surface area contributed by atoms with Gasteiger partial charge in [-0.05, 0) is 37.0 Å². The maximum absolute atomic E-state index is 13.1. The molecule has 1 atom stereocenters. The molecule has 1 amide bonds. The average Bonchev–Trinajstić information content (AvgIpc) is 2.68. The number of sulfonamides is 1. The van der Waals surface area contributed by atoms with E-state index < -0.39 is 15.9 Å². The highest BCUT2D eigenvalue weighted by Gasteiger charge is 2.31. The number of aromatic nitrogens is 2. The third-order valence-electron chi connectivity index (χ3n) is 5.01. The number of amides is 1. The molecule has 0 bridgehead atoms. The van der Waals surface area contributed by atoms with Gasteiger partial charge in [-0.15, -0.1) is 0 Å². The summed E-state index contributed by atoms with van der Waals surface area (Å²) in [5.74, 6) is 0.494. The van der Waals surface area contributed by atoms with Gasteiger partial charge in [-0.3, -0.25) is 4.79 Å².